The molecule has 6 heteroatoms. The van der Waals surface area contributed by atoms with Crippen molar-refractivity contribution in [3.8, 4) is 5.88 Å². The molecule has 5 nitrogen and oxygen atoms in total. The molecule has 116 valence electrons. The zero-order chi connectivity index (χ0) is 15.5. The van der Waals surface area contributed by atoms with Crippen LogP contribution >= 0.6 is 0 Å². The molecule has 0 radical (unpaired) electrons. The van der Waals surface area contributed by atoms with Crippen molar-refractivity contribution < 1.29 is 19.0 Å². The van der Waals surface area contributed by atoms with Crippen molar-refractivity contribution in [1.82, 2.24) is 9.88 Å². The molecule has 1 aliphatic rings. The second-order valence-corrected chi connectivity index (χ2v) is 5.40. The Kier molecular flexibility index (Phi) is 4.20. The number of benzene rings is 1. The van der Waals surface area contributed by atoms with Crippen LogP contribution in [0.15, 0.2) is 30.3 Å². The SMILES string of the molecule is O=C(O)c1ccc2nc(OCCN3CC[C@H](F)C3)ccc2c1. The number of aromatic nitrogens is 1. The lowest BCUT2D eigenvalue weighted by molar-refractivity contribution is 0.0697. The van der Waals surface area contributed by atoms with Gasteiger partial charge in [0.1, 0.15) is 12.8 Å². The molecule has 0 amide bonds. The van der Waals surface area contributed by atoms with Gasteiger partial charge in [0.15, 0.2) is 0 Å². The molecular formula is C16H17FN2O3. The molecule has 2 heterocycles. The zero-order valence-electron chi connectivity index (χ0n) is 12.0. The van der Waals surface area contributed by atoms with Gasteiger partial charge in [-0.25, -0.2) is 14.2 Å². The summed E-state index contributed by atoms with van der Waals surface area (Å²) in [6, 6.07) is 8.28. The first-order valence-electron chi connectivity index (χ1n) is 7.25. The lowest BCUT2D eigenvalue weighted by atomic mass is 10.1. The van der Waals surface area contributed by atoms with Crippen LogP contribution in [-0.2, 0) is 0 Å². The van der Waals surface area contributed by atoms with E-state index in [0.29, 0.717) is 37.5 Å². The highest BCUT2D eigenvalue weighted by Crippen LogP contribution is 2.18. The normalized spacial score (nSPS) is 18.7. The largest absolute Gasteiger partial charge is 0.478 e. The van der Waals surface area contributed by atoms with Crippen LogP contribution in [0, 0.1) is 0 Å². The van der Waals surface area contributed by atoms with E-state index in [9.17, 15) is 9.18 Å². The number of hydrogen-bond acceptors (Lipinski definition) is 4. The second kappa shape index (κ2) is 6.27. The summed E-state index contributed by atoms with van der Waals surface area (Å²) >= 11 is 0. The lowest BCUT2D eigenvalue weighted by Gasteiger charge is -2.14. The van der Waals surface area contributed by atoms with Crippen LogP contribution in [0.4, 0.5) is 4.39 Å². The molecule has 0 saturated carbocycles. The Morgan fingerprint density at radius 2 is 2.27 bits per heavy atom. The van der Waals surface area contributed by atoms with Gasteiger partial charge in [-0.15, -0.1) is 0 Å². The molecular weight excluding hydrogens is 287 g/mol. The predicted octanol–water partition coefficient (Wildman–Crippen LogP) is 2.36. The van der Waals surface area contributed by atoms with Crippen LogP contribution in [-0.4, -0.2) is 53.4 Å². The topological polar surface area (TPSA) is 62.7 Å². The molecule has 1 atom stereocenters. The first kappa shape index (κ1) is 14.7. The number of aromatic carboxylic acids is 1. The monoisotopic (exact) mass is 304 g/mol. The number of rotatable bonds is 5. The van der Waals surface area contributed by atoms with Crippen LogP contribution < -0.4 is 4.74 Å². The van der Waals surface area contributed by atoms with E-state index in [-0.39, 0.29) is 5.56 Å². The van der Waals surface area contributed by atoms with Gasteiger partial charge in [0, 0.05) is 31.1 Å². The maximum absolute atomic E-state index is 13.1. The number of fused-ring (bicyclic) bond motifs is 1. The fourth-order valence-corrected chi connectivity index (χ4v) is 2.59. The van der Waals surface area contributed by atoms with Crippen LogP contribution in [0.2, 0.25) is 0 Å². The van der Waals surface area contributed by atoms with E-state index in [0.717, 1.165) is 11.9 Å². The molecule has 0 bridgehead atoms. The Labute approximate surface area is 127 Å². The van der Waals surface area contributed by atoms with Crippen LogP contribution in [0.1, 0.15) is 16.8 Å². The molecule has 0 unspecified atom stereocenters. The van der Waals surface area contributed by atoms with E-state index in [1.165, 1.54) is 6.07 Å². The molecule has 22 heavy (non-hydrogen) atoms. The number of ether oxygens (including phenoxy) is 1. The van der Waals surface area contributed by atoms with Gasteiger partial charge in [-0.1, -0.05) is 0 Å². The molecule has 1 N–H and O–H groups in total. The Hall–Kier alpha value is -2.21. The molecule has 2 aromatic rings. The van der Waals surface area contributed by atoms with Crippen molar-refractivity contribution in [3.05, 3.63) is 35.9 Å². The Morgan fingerprint density at radius 1 is 1.41 bits per heavy atom. The fraction of sp³-hybridized carbons (Fsp3) is 0.375. The van der Waals surface area contributed by atoms with Gasteiger partial charge in [-0.3, -0.25) is 4.90 Å². The maximum Gasteiger partial charge on any atom is 0.335 e. The minimum absolute atomic E-state index is 0.234. The standard InChI is InChI=1S/C16H17FN2O3/c17-13-5-6-19(10-13)7-8-22-15-4-2-11-9-12(16(20)21)1-3-14(11)18-15/h1-4,9,13H,5-8,10H2,(H,20,21)/t13-/m0/s1. The average Bonchev–Trinajstić information content (AvgIpc) is 2.92. The number of pyridine rings is 1. The molecule has 0 aliphatic carbocycles. The van der Waals surface area contributed by atoms with Gasteiger partial charge in [0.2, 0.25) is 5.88 Å². The summed E-state index contributed by atoms with van der Waals surface area (Å²) < 4.78 is 18.6. The number of hydrogen-bond donors (Lipinski definition) is 1. The van der Waals surface area contributed by atoms with E-state index >= 15 is 0 Å². The minimum Gasteiger partial charge on any atom is -0.478 e. The third-order valence-corrected chi connectivity index (χ3v) is 3.78. The number of halogens is 1. The molecule has 3 rings (SSSR count). The zero-order valence-corrected chi connectivity index (χ0v) is 12.0. The van der Waals surface area contributed by atoms with Crippen molar-refractivity contribution in [2.45, 2.75) is 12.6 Å². The summed E-state index contributed by atoms with van der Waals surface area (Å²) in [6.07, 6.45) is -0.123. The van der Waals surface area contributed by atoms with Crippen molar-refractivity contribution in [2.24, 2.45) is 0 Å². The Balaban J connectivity index is 1.62. The lowest BCUT2D eigenvalue weighted by Crippen LogP contribution is -2.26. The third kappa shape index (κ3) is 3.33. The van der Waals surface area contributed by atoms with Crippen molar-refractivity contribution in [3.63, 3.8) is 0 Å². The van der Waals surface area contributed by atoms with Crippen molar-refractivity contribution in [1.29, 1.82) is 0 Å². The van der Waals surface area contributed by atoms with Crippen molar-refractivity contribution in [2.75, 3.05) is 26.2 Å². The minimum atomic E-state index is -0.959. The van der Waals surface area contributed by atoms with Crippen molar-refractivity contribution >= 4 is 16.9 Å². The highest BCUT2D eigenvalue weighted by molar-refractivity contribution is 5.93. The van der Waals surface area contributed by atoms with Gasteiger partial charge in [0.05, 0.1) is 11.1 Å². The molecule has 1 aromatic carbocycles. The quantitative estimate of drug-likeness (QED) is 0.918. The number of carboxylic acids is 1. The molecule has 1 fully saturated rings. The molecule has 1 aromatic heterocycles. The Morgan fingerprint density at radius 3 is 3.00 bits per heavy atom. The van der Waals surface area contributed by atoms with E-state index in [1.54, 1.807) is 24.3 Å². The molecule has 1 saturated heterocycles. The Bertz CT molecular complexity index is 692. The highest BCUT2D eigenvalue weighted by atomic mass is 19.1. The number of alkyl halides is 1. The summed E-state index contributed by atoms with van der Waals surface area (Å²) in [7, 11) is 0. The number of carbonyl (C=O) groups is 1. The number of carboxylic acid groups (broad SMARTS) is 1. The number of likely N-dealkylation sites (tertiary alicyclic amines) is 1. The summed E-state index contributed by atoms with van der Waals surface area (Å²) in [6.45, 7) is 2.39. The first-order valence-corrected chi connectivity index (χ1v) is 7.25. The van der Waals surface area contributed by atoms with E-state index in [1.807, 2.05) is 4.90 Å². The first-order chi connectivity index (χ1) is 10.6. The predicted molar refractivity (Wildman–Crippen MR) is 80.2 cm³/mol. The summed E-state index contributed by atoms with van der Waals surface area (Å²) in [5.41, 5.74) is 0.922. The van der Waals surface area contributed by atoms with Crippen LogP contribution in [0.3, 0.4) is 0 Å². The summed E-state index contributed by atoms with van der Waals surface area (Å²) in [5.74, 6) is -0.467. The maximum atomic E-state index is 13.1. The van der Waals surface area contributed by atoms with Gasteiger partial charge in [-0.2, -0.15) is 0 Å². The fourth-order valence-electron chi connectivity index (χ4n) is 2.59. The average molecular weight is 304 g/mol. The van der Waals surface area contributed by atoms with E-state index < -0.39 is 12.1 Å². The second-order valence-electron chi connectivity index (χ2n) is 5.40. The smallest absolute Gasteiger partial charge is 0.335 e. The third-order valence-electron chi connectivity index (χ3n) is 3.78. The van der Waals surface area contributed by atoms with Crippen LogP contribution in [0.25, 0.3) is 10.9 Å². The van der Waals surface area contributed by atoms with Gasteiger partial charge in [0.25, 0.3) is 0 Å². The number of nitrogens with zero attached hydrogens (tertiary/aromatic N) is 2. The van der Waals surface area contributed by atoms with Gasteiger partial charge < -0.3 is 9.84 Å². The highest BCUT2D eigenvalue weighted by Gasteiger charge is 2.21. The van der Waals surface area contributed by atoms with Crippen LogP contribution in [0.5, 0.6) is 5.88 Å². The summed E-state index contributed by atoms with van der Waals surface area (Å²) in [5, 5.41) is 9.72. The molecule has 0 spiro atoms. The van der Waals surface area contributed by atoms with Gasteiger partial charge >= 0.3 is 5.97 Å². The molecule has 1 aliphatic heterocycles. The van der Waals surface area contributed by atoms with E-state index in [2.05, 4.69) is 4.98 Å². The van der Waals surface area contributed by atoms with Gasteiger partial charge in [-0.05, 0) is 30.7 Å². The summed E-state index contributed by atoms with van der Waals surface area (Å²) in [4.78, 5) is 17.3. The van der Waals surface area contributed by atoms with E-state index in [4.69, 9.17) is 9.84 Å².